The smallest absolute Gasteiger partial charge is 0.165 e. The van der Waals surface area contributed by atoms with Gasteiger partial charge in [0.05, 0.1) is 32.1 Å². The van der Waals surface area contributed by atoms with E-state index in [2.05, 4.69) is 15.0 Å². The molecule has 136 valence electrons. The highest BCUT2D eigenvalue weighted by Crippen LogP contribution is 2.38. The summed E-state index contributed by atoms with van der Waals surface area (Å²) in [5, 5.41) is 18.7. The number of rotatable bonds is 5. The summed E-state index contributed by atoms with van der Waals surface area (Å²) in [6, 6.07) is 9.18. The van der Waals surface area contributed by atoms with Gasteiger partial charge in [0.1, 0.15) is 6.33 Å². The highest BCUT2D eigenvalue weighted by atomic mass is 19.1. The van der Waals surface area contributed by atoms with Gasteiger partial charge in [-0.15, -0.1) is 0 Å². The molecule has 1 aliphatic heterocycles. The van der Waals surface area contributed by atoms with Gasteiger partial charge in [-0.05, 0) is 5.56 Å². The van der Waals surface area contributed by atoms with Crippen LogP contribution in [0.25, 0.3) is 11.2 Å². The summed E-state index contributed by atoms with van der Waals surface area (Å²) >= 11 is 0. The molecule has 7 nitrogen and oxygen atoms in total. The minimum atomic E-state index is -1.42. The number of aliphatic hydroxyl groups is 2. The number of anilines is 1. The highest BCUT2D eigenvalue weighted by molar-refractivity contribution is 5.83. The molecule has 3 heterocycles. The number of benzene rings is 1. The summed E-state index contributed by atoms with van der Waals surface area (Å²) in [6.07, 6.45) is 2.46. The van der Waals surface area contributed by atoms with Crippen molar-refractivity contribution in [2.24, 2.45) is 0 Å². The Kier molecular flexibility index (Phi) is 4.29. The third-order valence-corrected chi connectivity index (χ3v) is 4.81. The molecule has 0 saturated carbocycles. The average molecular weight is 357 g/mol. The molecule has 0 bridgehead atoms. The molecule has 1 saturated heterocycles. The van der Waals surface area contributed by atoms with E-state index in [1.807, 2.05) is 35.2 Å². The van der Waals surface area contributed by atoms with Crippen LogP contribution in [-0.4, -0.2) is 55.5 Å². The summed E-state index contributed by atoms with van der Waals surface area (Å²) in [7, 11) is 0. The lowest BCUT2D eigenvalue weighted by Crippen LogP contribution is -2.27. The van der Waals surface area contributed by atoms with Crippen LogP contribution in [0.5, 0.6) is 0 Å². The molecule has 0 spiro atoms. The topological polar surface area (TPSA) is 87.3 Å². The van der Waals surface area contributed by atoms with Crippen molar-refractivity contribution >= 4 is 17.0 Å². The van der Waals surface area contributed by atoms with Gasteiger partial charge in [-0.25, -0.2) is 19.3 Å². The highest BCUT2D eigenvalue weighted by Gasteiger charge is 2.41. The van der Waals surface area contributed by atoms with Gasteiger partial charge in [-0.3, -0.25) is 0 Å². The van der Waals surface area contributed by atoms with Crippen molar-refractivity contribution in [2.45, 2.75) is 24.7 Å². The zero-order valence-electron chi connectivity index (χ0n) is 14.2. The fourth-order valence-electron chi connectivity index (χ4n) is 3.44. The van der Waals surface area contributed by atoms with Gasteiger partial charge in [0, 0.05) is 13.0 Å². The van der Waals surface area contributed by atoms with Gasteiger partial charge in [0.15, 0.2) is 22.7 Å². The lowest BCUT2D eigenvalue weighted by Gasteiger charge is -2.22. The minimum Gasteiger partial charge on any atom is -0.394 e. The number of fused-ring (bicyclic) bond motifs is 1. The predicted molar refractivity (Wildman–Crippen MR) is 94.5 cm³/mol. The molecule has 1 aromatic carbocycles. The van der Waals surface area contributed by atoms with E-state index in [-0.39, 0.29) is 19.7 Å². The number of alkyl halides is 1. The molecule has 2 aromatic heterocycles. The molecule has 3 aromatic rings. The molecule has 0 amide bonds. The van der Waals surface area contributed by atoms with Crippen LogP contribution in [0.4, 0.5) is 10.2 Å². The molecule has 2 unspecified atom stereocenters. The first-order chi connectivity index (χ1) is 12.6. The van der Waals surface area contributed by atoms with Crippen LogP contribution < -0.4 is 4.90 Å². The molecule has 0 aliphatic carbocycles. The monoisotopic (exact) mass is 357 g/mol. The zero-order chi connectivity index (χ0) is 18.1. The first-order valence-electron chi connectivity index (χ1n) is 8.55. The second-order valence-electron chi connectivity index (χ2n) is 6.61. The van der Waals surface area contributed by atoms with Crippen molar-refractivity contribution in [2.75, 3.05) is 24.6 Å². The Morgan fingerprint density at radius 3 is 2.77 bits per heavy atom. The first-order valence-corrected chi connectivity index (χ1v) is 8.55. The Bertz CT molecular complexity index is 903. The summed E-state index contributed by atoms with van der Waals surface area (Å²) in [5.41, 5.74) is 0.367. The number of nitrogens with zero attached hydrogens (tertiary/aromatic N) is 5. The average Bonchev–Trinajstić information content (AvgIpc) is 3.27. The predicted octanol–water partition coefficient (Wildman–Crippen LogP) is 1.25. The summed E-state index contributed by atoms with van der Waals surface area (Å²) in [6.45, 7) is 0.574. The van der Waals surface area contributed by atoms with Crippen molar-refractivity contribution in [1.29, 1.82) is 0 Å². The van der Waals surface area contributed by atoms with Crippen molar-refractivity contribution in [3.63, 3.8) is 0 Å². The van der Waals surface area contributed by atoms with Gasteiger partial charge in [0.2, 0.25) is 0 Å². The van der Waals surface area contributed by atoms with E-state index in [1.165, 1.54) is 6.33 Å². The van der Waals surface area contributed by atoms with Crippen LogP contribution in [0.1, 0.15) is 12.0 Å². The van der Waals surface area contributed by atoms with Crippen molar-refractivity contribution in [3.8, 4) is 0 Å². The molecular formula is C18H20FN5O2. The molecule has 2 atom stereocenters. The van der Waals surface area contributed by atoms with E-state index in [0.717, 1.165) is 0 Å². The fourth-order valence-corrected chi connectivity index (χ4v) is 3.44. The van der Waals surface area contributed by atoms with Gasteiger partial charge in [-0.2, -0.15) is 0 Å². The van der Waals surface area contributed by atoms with Crippen molar-refractivity contribution in [1.82, 2.24) is 19.5 Å². The van der Waals surface area contributed by atoms with E-state index in [0.29, 0.717) is 35.5 Å². The van der Waals surface area contributed by atoms with E-state index in [4.69, 9.17) is 5.11 Å². The SMILES string of the molecule is OCC(O)Cn1cnc2c(N3CCC(F)(c4ccccc4)C3)ncnc21. The number of halogens is 1. The summed E-state index contributed by atoms with van der Waals surface area (Å²) in [4.78, 5) is 14.8. The third-order valence-electron chi connectivity index (χ3n) is 4.81. The van der Waals surface area contributed by atoms with Crippen LogP contribution in [0.2, 0.25) is 0 Å². The maximum absolute atomic E-state index is 15.4. The van der Waals surface area contributed by atoms with Crippen LogP contribution in [0.15, 0.2) is 43.0 Å². The van der Waals surface area contributed by atoms with Crippen molar-refractivity contribution in [3.05, 3.63) is 48.5 Å². The molecule has 8 heteroatoms. The molecule has 1 fully saturated rings. The van der Waals surface area contributed by atoms with Gasteiger partial charge in [0.25, 0.3) is 0 Å². The Morgan fingerprint density at radius 1 is 1.19 bits per heavy atom. The lowest BCUT2D eigenvalue weighted by atomic mass is 9.95. The summed E-state index contributed by atoms with van der Waals surface area (Å²) in [5.74, 6) is 0.586. The van der Waals surface area contributed by atoms with Crippen LogP contribution in [0, 0.1) is 0 Å². The van der Waals surface area contributed by atoms with Gasteiger partial charge in [-0.1, -0.05) is 30.3 Å². The third kappa shape index (κ3) is 2.91. The molecule has 0 radical (unpaired) electrons. The van der Waals surface area contributed by atoms with Gasteiger partial charge < -0.3 is 19.7 Å². The second kappa shape index (κ2) is 6.62. The Morgan fingerprint density at radius 2 is 2.00 bits per heavy atom. The quantitative estimate of drug-likeness (QED) is 0.715. The maximum Gasteiger partial charge on any atom is 0.165 e. The molecule has 2 N–H and O–H groups in total. The van der Waals surface area contributed by atoms with Crippen molar-refractivity contribution < 1.29 is 14.6 Å². The minimum absolute atomic E-state index is 0.181. The number of imidazole rings is 1. The van der Waals surface area contributed by atoms with Crippen LogP contribution >= 0.6 is 0 Å². The Hall–Kier alpha value is -2.58. The molecule has 26 heavy (non-hydrogen) atoms. The number of aliphatic hydroxyl groups excluding tert-OH is 2. The van der Waals surface area contributed by atoms with E-state index >= 15 is 4.39 Å². The molecule has 1 aliphatic rings. The number of hydrogen-bond acceptors (Lipinski definition) is 6. The second-order valence-corrected chi connectivity index (χ2v) is 6.61. The van der Waals surface area contributed by atoms with Crippen LogP contribution in [-0.2, 0) is 12.2 Å². The standard InChI is InChI=1S/C18H20FN5O2/c19-18(13-4-2-1-3-5-13)6-7-23(10-18)16-15-17(21-11-20-16)24(12-22-15)8-14(26)9-25/h1-5,11-12,14,25-26H,6-10H2. The first kappa shape index (κ1) is 16.9. The van der Waals surface area contributed by atoms with Crippen LogP contribution in [0.3, 0.4) is 0 Å². The van der Waals surface area contributed by atoms with Gasteiger partial charge >= 0.3 is 0 Å². The summed E-state index contributed by atoms with van der Waals surface area (Å²) < 4.78 is 17.1. The normalized spacial score (nSPS) is 21.4. The number of aromatic nitrogens is 4. The molecule has 4 rings (SSSR count). The maximum atomic E-state index is 15.4. The van der Waals surface area contributed by atoms with E-state index in [9.17, 15) is 5.11 Å². The largest absolute Gasteiger partial charge is 0.394 e. The number of hydrogen-bond donors (Lipinski definition) is 2. The zero-order valence-corrected chi connectivity index (χ0v) is 14.2. The Labute approximate surface area is 149 Å². The lowest BCUT2D eigenvalue weighted by molar-refractivity contribution is 0.0820. The van der Waals surface area contributed by atoms with E-state index in [1.54, 1.807) is 10.9 Å². The molecular weight excluding hydrogens is 337 g/mol. The van der Waals surface area contributed by atoms with E-state index < -0.39 is 11.8 Å². The Balaban J connectivity index is 1.64. The fraction of sp³-hybridized carbons (Fsp3) is 0.389.